The molecule has 2 aromatic carbocycles. The van der Waals surface area contributed by atoms with Gasteiger partial charge in [0.25, 0.3) is 0 Å². The maximum Gasteiger partial charge on any atom is 2.00 e. The number of benzene rings is 2. The average molecular weight is 669 g/mol. The molecule has 0 unspecified atom stereocenters. The maximum atomic E-state index is 14.7. The number of hydrogen-bond acceptors (Lipinski definition) is 3. The van der Waals surface area contributed by atoms with Gasteiger partial charge in [-0.2, -0.15) is 0 Å². The van der Waals surface area contributed by atoms with E-state index < -0.39 is 45.7 Å². The van der Waals surface area contributed by atoms with E-state index in [-0.39, 0.29) is 38.0 Å². The first-order chi connectivity index (χ1) is 16.6. The van der Waals surface area contributed by atoms with Gasteiger partial charge in [0, 0.05) is 34.4 Å². The smallest absolute Gasteiger partial charge is 0.345 e. The molecule has 0 aliphatic heterocycles. The fraction of sp³-hybridized carbons (Fsp3) is 0.111. The third-order valence-corrected chi connectivity index (χ3v) is 5.46. The zero-order chi connectivity index (χ0) is 25.3. The fourth-order valence-corrected chi connectivity index (χ4v) is 3.49. The predicted octanol–water partition coefficient (Wildman–Crippen LogP) is 6.41. The molecule has 0 spiro atoms. The summed E-state index contributed by atoms with van der Waals surface area (Å²) in [5.41, 5.74) is -1.35. The predicted molar refractivity (Wildman–Crippen MR) is 120 cm³/mol. The largest absolute Gasteiger partial charge is 2.00 e. The second kappa shape index (κ2) is 10.5. The molecule has 0 bridgehead atoms. The standard InChI is InChI=1S/C27H15F4N3O.Pt/c1-27(2,22-8-4-6-20(33-22)17-12-13-18(29)25(32-3)24(17)31)23-9-5-7-21(34-23)26(35)16-11-10-15(28)14-19(16)30;/h4-10,13-14H,1-2H3;/q-2;+2. The zero-order valence-electron chi connectivity index (χ0n) is 18.8. The molecule has 182 valence electrons. The van der Waals surface area contributed by atoms with Crippen molar-refractivity contribution < 1.29 is 43.4 Å². The van der Waals surface area contributed by atoms with E-state index in [0.717, 1.165) is 12.1 Å². The summed E-state index contributed by atoms with van der Waals surface area (Å²) in [6.45, 7) is 10.6. The Morgan fingerprint density at radius 3 is 2.28 bits per heavy atom. The van der Waals surface area contributed by atoms with Crippen LogP contribution in [0.3, 0.4) is 0 Å². The SMILES string of the molecule is [C-]#[N+]c1c(F)c[c-]c(-c2cccc(C(C)(C)c3cccc(C(=O)c4[c-]cc(F)cc4F)n3)n2)c1F.[Pt+2]. The van der Waals surface area contributed by atoms with Crippen LogP contribution < -0.4 is 0 Å². The average Bonchev–Trinajstić information content (AvgIpc) is 2.84. The van der Waals surface area contributed by atoms with E-state index in [0.29, 0.717) is 17.5 Å². The summed E-state index contributed by atoms with van der Waals surface area (Å²) in [4.78, 5) is 24.5. The molecular weight excluding hydrogens is 653 g/mol. The van der Waals surface area contributed by atoms with Crippen LogP contribution >= 0.6 is 0 Å². The van der Waals surface area contributed by atoms with Gasteiger partial charge in [-0.15, -0.1) is 29.8 Å². The van der Waals surface area contributed by atoms with Crippen molar-refractivity contribution in [2.45, 2.75) is 19.3 Å². The van der Waals surface area contributed by atoms with Crippen molar-refractivity contribution in [3.63, 3.8) is 0 Å². The second-order valence-corrected chi connectivity index (χ2v) is 8.10. The Kier molecular flexibility index (Phi) is 7.86. The number of ketones is 1. The number of aromatic nitrogens is 2. The van der Waals surface area contributed by atoms with E-state index in [2.05, 4.69) is 26.9 Å². The molecule has 0 aliphatic carbocycles. The monoisotopic (exact) mass is 668 g/mol. The van der Waals surface area contributed by atoms with Crippen molar-refractivity contribution in [1.29, 1.82) is 0 Å². The van der Waals surface area contributed by atoms with Gasteiger partial charge in [-0.1, -0.05) is 29.8 Å². The molecule has 36 heavy (non-hydrogen) atoms. The summed E-state index contributed by atoms with van der Waals surface area (Å²) < 4.78 is 55.7. The van der Waals surface area contributed by atoms with Crippen molar-refractivity contribution in [3.8, 4) is 11.3 Å². The molecule has 0 amide bonds. The molecule has 4 nitrogen and oxygen atoms in total. The van der Waals surface area contributed by atoms with Crippen LogP contribution in [0.4, 0.5) is 23.2 Å². The van der Waals surface area contributed by atoms with Gasteiger partial charge in [-0.3, -0.25) is 27.4 Å². The molecule has 2 aromatic heterocycles. The molecule has 0 N–H and O–H groups in total. The van der Waals surface area contributed by atoms with E-state index in [1.807, 2.05) is 0 Å². The van der Waals surface area contributed by atoms with Crippen LogP contribution in [0.2, 0.25) is 0 Å². The van der Waals surface area contributed by atoms with Crippen LogP contribution in [0.25, 0.3) is 16.1 Å². The Morgan fingerprint density at radius 2 is 1.61 bits per heavy atom. The normalized spacial score (nSPS) is 10.9. The number of carbonyl (C=O) groups is 1. The van der Waals surface area contributed by atoms with Crippen molar-refractivity contribution in [2.24, 2.45) is 0 Å². The van der Waals surface area contributed by atoms with Gasteiger partial charge in [-0.05, 0) is 37.7 Å². The second-order valence-electron chi connectivity index (χ2n) is 8.10. The minimum absolute atomic E-state index is 0. The summed E-state index contributed by atoms with van der Waals surface area (Å²) in [6.07, 6.45) is 0. The van der Waals surface area contributed by atoms with Crippen LogP contribution in [-0.2, 0) is 26.5 Å². The van der Waals surface area contributed by atoms with E-state index in [9.17, 15) is 22.4 Å². The molecule has 0 radical (unpaired) electrons. The minimum Gasteiger partial charge on any atom is -0.345 e. The number of hydrogen-bond donors (Lipinski definition) is 0. The Labute approximate surface area is 219 Å². The fourth-order valence-electron chi connectivity index (χ4n) is 3.49. The number of halogens is 4. The molecule has 2 heterocycles. The Bertz CT molecular complexity index is 1520. The Hall–Kier alpha value is -3.69. The molecule has 0 fully saturated rings. The topological polar surface area (TPSA) is 47.2 Å². The van der Waals surface area contributed by atoms with Crippen molar-refractivity contribution in [3.05, 3.63) is 124 Å². The summed E-state index contributed by atoms with van der Waals surface area (Å²) in [5.74, 6) is -4.75. The third kappa shape index (κ3) is 4.98. The van der Waals surface area contributed by atoms with Crippen LogP contribution in [0.1, 0.15) is 41.3 Å². The van der Waals surface area contributed by atoms with Crippen LogP contribution in [-0.4, -0.2) is 15.8 Å². The zero-order valence-corrected chi connectivity index (χ0v) is 21.0. The number of pyridine rings is 2. The molecule has 4 rings (SSSR count). The van der Waals surface area contributed by atoms with Gasteiger partial charge in [0.15, 0.2) is 5.69 Å². The minimum atomic E-state index is -1.06. The van der Waals surface area contributed by atoms with Crippen LogP contribution in [0.15, 0.2) is 54.6 Å². The molecule has 0 aliphatic rings. The number of nitrogens with zero attached hydrogens (tertiary/aromatic N) is 3. The molecule has 9 heteroatoms. The summed E-state index contributed by atoms with van der Waals surface area (Å²) in [6, 6.07) is 16.5. The molecule has 0 saturated carbocycles. The maximum absolute atomic E-state index is 14.7. The van der Waals surface area contributed by atoms with Crippen LogP contribution in [0.5, 0.6) is 0 Å². The van der Waals surface area contributed by atoms with E-state index in [4.69, 9.17) is 6.57 Å². The molecular formula is C27H15F4N3OPt. The van der Waals surface area contributed by atoms with Gasteiger partial charge in [-0.25, -0.2) is 0 Å². The van der Waals surface area contributed by atoms with Gasteiger partial charge in [0.2, 0.25) is 0 Å². The quantitative estimate of drug-likeness (QED) is 0.141. The Morgan fingerprint density at radius 1 is 0.944 bits per heavy atom. The first-order valence-electron chi connectivity index (χ1n) is 10.3. The number of carbonyl (C=O) groups excluding carboxylic acids is 1. The van der Waals surface area contributed by atoms with Crippen molar-refractivity contribution in [1.82, 2.24) is 9.97 Å². The van der Waals surface area contributed by atoms with E-state index in [1.165, 1.54) is 12.1 Å². The summed E-state index contributed by atoms with van der Waals surface area (Å²) in [5, 5.41) is 0. The first kappa shape index (κ1) is 26.9. The van der Waals surface area contributed by atoms with Crippen molar-refractivity contribution >= 4 is 11.5 Å². The van der Waals surface area contributed by atoms with Crippen molar-refractivity contribution in [2.75, 3.05) is 0 Å². The van der Waals surface area contributed by atoms with Gasteiger partial charge >= 0.3 is 21.1 Å². The molecule has 0 saturated heterocycles. The first-order valence-corrected chi connectivity index (χ1v) is 10.3. The van der Waals surface area contributed by atoms with Gasteiger partial charge in [0.1, 0.15) is 5.78 Å². The van der Waals surface area contributed by atoms with E-state index >= 15 is 0 Å². The van der Waals surface area contributed by atoms with Crippen LogP contribution in [0, 0.1) is 42.0 Å². The molecule has 4 aromatic rings. The van der Waals surface area contributed by atoms with E-state index in [1.54, 1.807) is 38.1 Å². The molecule has 0 atom stereocenters. The van der Waals surface area contributed by atoms with Gasteiger partial charge < -0.3 is 9.78 Å². The number of rotatable bonds is 5. The summed E-state index contributed by atoms with van der Waals surface area (Å²) in [7, 11) is 0. The Balaban J connectivity index is 0.00000361. The van der Waals surface area contributed by atoms with Gasteiger partial charge in [0.05, 0.1) is 18.0 Å². The summed E-state index contributed by atoms with van der Waals surface area (Å²) >= 11 is 0. The third-order valence-electron chi connectivity index (χ3n) is 5.46.